The largest absolute Gasteiger partial charge is 0.497 e. The summed E-state index contributed by atoms with van der Waals surface area (Å²) in [4.78, 5) is 8.76. The Hall–Kier alpha value is -3.72. The fraction of sp³-hybridized carbons (Fsp3) is 0.217. The summed E-state index contributed by atoms with van der Waals surface area (Å²) in [6.45, 7) is 3.28. The Kier molecular flexibility index (Phi) is 5.48. The maximum absolute atomic E-state index is 9.50. The van der Waals surface area contributed by atoms with E-state index in [4.69, 9.17) is 9.15 Å². The number of hydrogen-bond acceptors (Lipinski definition) is 6. The fourth-order valence-corrected chi connectivity index (χ4v) is 3.41. The highest BCUT2D eigenvalue weighted by Gasteiger charge is 2.23. The van der Waals surface area contributed by atoms with E-state index in [0.717, 1.165) is 37.5 Å². The average molecular weight is 386 g/mol. The van der Waals surface area contributed by atoms with Crippen molar-refractivity contribution in [1.29, 1.82) is 5.26 Å². The summed E-state index contributed by atoms with van der Waals surface area (Å²) in [5.41, 5.74) is 2.51. The maximum atomic E-state index is 9.50. The van der Waals surface area contributed by atoms with Crippen molar-refractivity contribution >= 4 is 23.7 Å². The molecule has 0 amide bonds. The molecule has 1 saturated heterocycles. The summed E-state index contributed by atoms with van der Waals surface area (Å²) >= 11 is 0. The Morgan fingerprint density at radius 1 is 1.00 bits per heavy atom. The van der Waals surface area contributed by atoms with Gasteiger partial charge in [0.15, 0.2) is 0 Å². The third kappa shape index (κ3) is 4.25. The van der Waals surface area contributed by atoms with Gasteiger partial charge in [0.05, 0.1) is 7.11 Å². The number of hydrogen-bond donors (Lipinski definition) is 0. The number of aromatic nitrogens is 1. The maximum Gasteiger partial charge on any atom is 0.235 e. The van der Waals surface area contributed by atoms with Crippen molar-refractivity contribution in [3.63, 3.8) is 0 Å². The van der Waals surface area contributed by atoms with Gasteiger partial charge in [0.2, 0.25) is 17.5 Å². The van der Waals surface area contributed by atoms with Gasteiger partial charge in [-0.15, -0.1) is 0 Å². The second-order valence-electron chi connectivity index (χ2n) is 6.74. The Morgan fingerprint density at radius 3 is 2.48 bits per heavy atom. The monoisotopic (exact) mass is 386 g/mol. The fourth-order valence-electron chi connectivity index (χ4n) is 3.41. The number of rotatable bonds is 5. The molecule has 146 valence electrons. The smallest absolute Gasteiger partial charge is 0.235 e. The Labute approximate surface area is 170 Å². The molecule has 0 saturated carbocycles. The molecule has 1 fully saturated rings. The number of methoxy groups -OCH3 is 1. The number of nitriles is 1. The molecular formula is C23H22N4O2. The minimum Gasteiger partial charge on any atom is -0.497 e. The van der Waals surface area contributed by atoms with E-state index in [1.54, 1.807) is 13.2 Å². The summed E-state index contributed by atoms with van der Waals surface area (Å²) in [6.07, 6.45) is 3.67. The first-order valence-electron chi connectivity index (χ1n) is 9.55. The number of oxazole rings is 1. The molecule has 0 N–H and O–H groups in total. The Bertz CT molecular complexity index is 1030. The molecule has 2 aromatic carbocycles. The first-order valence-corrected chi connectivity index (χ1v) is 9.55. The Balaban J connectivity index is 1.47. The zero-order valence-corrected chi connectivity index (χ0v) is 16.3. The highest BCUT2D eigenvalue weighted by atomic mass is 16.5. The van der Waals surface area contributed by atoms with Crippen LogP contribution in [0.15, 0.2) is 59.0 Å². The second-order valence-corrected chi connectivity index (χ2v) is 6.74. The van der Waals surface area contributed by atoms with Crippen molar-refractivity contribution in [1.82, 2.24) is 4.98 Å². The van der Waals surface area contributed by atoms with Gasteiger partial charge >= 0.3 is 0 Å². The second kappa shape index (κ2) is 8.53. The van der Waals surface area contributed by atoms with E-state index < -0.39 is 0 Å². The van der Waals surface area contributed by atoms with Crippen LogP contribution < -0.4 is 14.5 Å². The summed E-state index contributed by atoms with van der Waals surface area (Å²) in [7, 11) is 1.64. The highest BCUT2D eigenvalue weighted by molar-refractivity contribution is 5.68. The van der Waals surface area contributed by atoms with Crippen LogP contribution in [0.3, 0.4) is 0 Å². The van der Waals surface area contributed by atoms with Crippen molar-refractivity contribution in [2.75, 3.05) is 43.1 Å². The van der Waals surface area contributed by atoms with Crippen LogP contribution in [-0.4, -0.2) is 38.3 Å². The van der Waals surface area contributed by atoms with Crippen LogP contribution in [-0.2, 0) is 0 Å². The molecule has 3 aromatic rings. The van der Waals surface area contributed by atoms with Crippen LogP contribution in [0.1, 0.15) is 17.1 Å². The molecule has 0 bridgehead atoms. The zero-order valence-electron chi connectivity index (χ0n) is 16.3. The summed E-state index contributed by atoms with van der Waals surface area (Å²) in [6, 6.07) is 20.2. The first-order chi connectivity index (χ1) is 14.3. The number of benzene rings is 2. The predicted octanol–water partition coefficient (Wildman–Crippen LogP) is 4.05. The molecule has 29 heavy (non-hydrogen) atoms. The summed E-state index contributed by atoms with van der Waals surface area (Å²) in [5.74, 6) is 1.75. The Morgan fingerprint density at radius 2 is 1.76 bits per heavy atom. The van der Waals surface area contributed by atoms with Gasteiger partial charge in [-0.05, 0) is 35.9 Å². The van der Waals surface area contributed by atoms with Crippen molar-refractivity contribution in [2.24, 2.45) is 0 Å². The highest BCUT2D eigenvalue weighted by Crippen LogP contribution is 2.26. The standard InChI is InChI=1S/C23H22N4O2/c1-28-20-9-5-6-18(16-20)10-11-22-25-21(17-24)23(29-22)27-14-12-26(13-15-27)19-7-3-2-4-8-19/h2-11,16H,12-15H2,1H3/b11-10+. The normalized spacial score (nSPS) is 14.2. The van der Waals surface area contributed by atoms with Gasteiger partial charge in [-0.25, -0.2) is 0 Å². The van der Waals surface area contributed by atoms with E-state index in [0.29, 0.717) is 17.5 Å². The van der Waals surface area contributed by atoms with Crippen LogP contribution in [0.2, 0.25) is 0 Å². The molecule has 0 atom stereocenters. The van der Waals surface area contributed by atoms with E-state index in [2.05, 4.69) is 33.0 Å². The minimum absolute atomic E-state index is 0.323. The molecule has 0 spiro atoms. The molecule has 6 heteroatoms. The van der Waals surface area contributed by atoms with E-state index >= 15 is 0 Å². The van der Waals surface area contributed by atoms with Gasteiger partial charge in [-0.3, -0.25) is 0 Å². The van der Waals surface area contributed by atoms with Crippen molar-refractivity contribution in [2.45, 2.75) is 0 Å². The molecule has 4 rings (SSSR count). The third-order valence-corrected chi connectivity index (χ3v) is 4.93. The van der Waals surface area contributed by atoms with Gasteiger partial charge in [-0.2, -0.15) is 10.2 Å². The summed E-state index contributed by atoms with van der Waals surface area (Å²) in [5, 5.41) is 9.50. The quantitative estimate of drug-likeness (QED) is 0.659. The van der Waals surface area contributed by atoms with E-state index in [9.17, 15) is 5.26 Å². The number of nitrogens with zero attached hydrogens (tertiary/aromatic N) is 4. The van der Waals surface area contributed by atoms with Crippen LogP contribution in [0.5, 0.6) is 5.75 Å². The molecule has 6 nitrogen and oxygen atoms in total. The van der Waals surface area contributed by atoms with Gasteiger partial charge < -0.3 is 19.0 Å². The molecule has 1 aliphatic heterocycles. The number of para-hydroxylation sites is 1. The van der Waals surface area contributed by atoms with Crippen molar-refractivity contribution < 1.29 is 9.15 Å². The topological polar surface area (TPSA) is 65.5 Å². The molecule has 0 radical (unpaired) electrons. The minimum atomic E-state index is 0.323. The van der Waals surface area contributed by atoms with Crippen LogP contribution in [0, 0.1) is 11.3 Å². The summed E-state index contributed by atoms with van der Waals surface area (Å²) < 4.78 is 11.2. The van der Waals surface area contributed by atoms with Gasteiger partial charge in [0, 0.05) is 37.9 Å². The van der Waals surface area contributed by atoms with Crippen molar-refractivity contribution in [3.8, 4) is 11.8 Å². The third-order valence-electron chi connectivity index (χ3n) is 4.93. The lowest BCUT2D eigenvalue weighted by atomic mass is 10.2. The lowest BCUT2D eigenvalue weighted by Gasteiger charge is -2.35. The van der Waals surface area contributed by atoms with Crippen LogP contribution in [0.25, 0.3) is 12.2 Å². The van der Waals surface area contributed by atoms with Gasteiger partial charge in [0.25, 0.3) is 0 Å². The predicted molar refractivity (Wildman–Crippen MR) is 114 cm³/mol. The number of piperazine rings is 1. The lowest BCUT2D eigenvalue weighted by Crippen LogP contribution is -2.46. The van der Waals surface area contributed by atoms with E-state index in [-0.39, 0.29) is 0 Å². The number of anilines is 2. The molecule has 1 aliphatic rings. The van der Waals surface area contributed by atoms with Gasteiger partial charge in [-0.1, -0.05) is 30.3 Å². The average Bonchev–Trinajstić information content (AvgIpc) is 3.22. The molecule has 2 heterocycles. The molecule has 0 unspecified atom stereocenters. The molecule has 1 aromatic heterocycles. The zero-order chi connectivity index (χ0) is 20.1. The van der Waals surface area contributed by atoms with E-state index in [1.165, 1.54) is 5.69 Å². The van der Waals surface area contributed by atoms with E-state index in [1.807, 2.05) is 48.5 Å². The molecular weight excluding hydrogens is 364 g/mol. The van der Waals surface area contributed by atoms with Crippen LogP contribution in [0.4, 0.5) is 11.6 Å². The van der Waals surface area contributed by atoms with Crippen LogP contribution >= 0.6 is 0 Å². The lowest BCUT2D eigenvalue weighted by molar-refractivity contribution is 0.414. The molecule has 0 aliphatic carbocycles. The SMILES string of the molecule is COc1cccc(/C=C/c2nc(C#N)c(N3CCN(c4ccccc4)CC3)o2)c1. The first kappa shape index (κ1) is 18.6. The van der Waals surface area contributed by atoms with Gasteiger partial charge in [0.1, 0.15) is 11.8 Å². The van der Waals surface area contributed by atoms with Crippen molar-refractivity contribution in [3.05, 3.63) is 71.7 Å². The number of ether oxygens (including phenoxy) is 1.